The smallest absolute Gasteiger partial charge is 0.284 e. The first-order valence-corrected chi connectivity index (χ1v) is 7.79. The summed E-state index contributed by atoms with van der Waals surface area (Å²) in [5.41, 5.74) is -0.529. The summed E-state index contributed by atoms with van der Waals surface area (Å²) < 4.78 is 27.9. The van der Waals surface area contributed by atoms with Crippen LogP contribution in [-0.4, -0.2) is 24.8 Å². The number of carbonyl (C=O) groups excluding carboxylic acids is 1. The van der Waals surface area contributed by atoms with Crippen LogP contribution in [0.5, 0.6) is 0 Å². The highest BCUT2D eigenvalue weighted by Gasteiger charge is 2.22. The van der Waals surface area contributed by atoms with Crippen LogP contribution >= 0.6 is 23.2 Å². The van der Waals surface area contributed by atoms with Gasteiger partial charge in [-0.05, 0) is 24.3 Å². The van der Waals surface area contributed by atoms with E-state index in [1.165, 1.54) is 0 Å². The maximum absolute atomic E-state index is 12.2. The highest BCUT2D eigenvalue weighted by atomic mass is 35.5. The fourth-order valence-corrected chi connectivity index (χ4v) is 3.20. The van der Waals surface area contributed by atoms with E-state index >= 15 is 0 Å². The Hall–Kier alpha value is -2.03. The third-order valence-electron chi connectivity index (χ3n) is 2.54. The molecular formula is C12H6Cl2N2O5S. The molecule has 0 unspecified atom stereocenters. The van der Waals surface area contributed by atoms with Gasteiger partial charge in [0.15, 0.2) is 5.78 Å². The molecule has 0 aliphatic heterocycles. The Labute approximate surface area is 134 Å². The third kappa shape index (κ3) is 3.41. The molecule has 0 N–H and O–H groups in total. The first-order chi connectivity index (χ1) is 10.2. The summed E-state index contributed by atoms with van der Waals surface area (Å²) in [4.78, 5) is 20.6. The van der Waals surface area contributed by atoms with Crippen molar-refractivity contribution in [2.45, 2.75) is 4.90 Å². The molecule has 2 rings (SSSR count). The Kier molecular flexibility index (Phi) is 4.45. The van der Waals surface area contributed by atoms with E-state index in [0.29, 0.717) is 0 Å². The van der Waals surface area contributed by atoms with Crippen LogP contribution in [0.15, 0.2) is 50.8 Å². The molecule has 0 spiro atoms. The molecule has 7 nitrogen and oxygen atoms in total. The highest BCUT2D eigenvalue weighted by molar-refractivity contribution is 7.90. The van der Waals surface area contributed by atoms with Crippen molar-refractivity contribution in [2.75, 3.05) is 0 Å². The number of halogens is 2. The number of allylic oxidation sites excluding steroid dienone is 4. The van der Waals surface area contributed by atoms with Crippen molar-refractivity contribution in [1.29, 1.82) is 0 Å². The number of nitro groups is 1. The van der Waals surface area contributed by atoms with E-state index in [0.717, 1.165) is 36.4 Å². The van der Waals surface area contributed by atoms with Crippen LogP contribution in [-0.2, 0) is 14.8 Å². The number of ketones is 1. The molecule has 1 aliphatic rings. The summed E-state index contributed by atoms with van der Waals surface area (Å²) in [7, 11) is -4.30. The number of sulfonamides is 1. The zero-order valence-corrected chi connectivity index (χ0v) is 12.9. The lowest BCUT2D eigenvalue weighted by atomic mass is 10.2. The minimum atomic E-state index is -4.30. The fourth-order valence-electron chi connectivity index (χ4n) is 1.54. The van der Waals surface area contributed by atoms with Crippen molar-refractivity contribution in [2.24, 2.45) is 4.40 Å². The Balaban J connectivity index is 2.53. The third-order valence-corrected chi connectivity index (χ3v) is 4.63. The number of benzene rings is 1. The van der Waals surface area contributed by atoms with Gasteiger partial charge in [-0.3, -0.25) is 14.9 Å². The van der Waals surface area contributed by atoms with Crippen LogP contribution in [0.4, 0.5) is 5.69 Å². The summed E-state index contributed by atoms with van der Waals surface area (Å²) in [6, 6.07) is 2.98. The van der Waals surface area contributed by atoms with Gasteiger partial charge >= 0.3 is 0 Å². The van der Waals surface area contributed by atoms with Gasteiger partial charge < -0.3 is 0 Å². The van der Waals surface area contributed by atoms with Gasteiger partial charge in [0, 0.05) is 12.1 Å². The molecule has 114 valence electrons. The number of rotatable bonds is 3. The van der Waals surface area contributed by atoms with Crippen LogP contribution in [0.2, 0.25) is 5.02 Å². The van der Waals surface area contributed by atoms with Crippen molar-refractivity contribution in [3.8, 4) is 0 Å². The summed E-state index contributed by atoms with van der Waals surface area (Å²) in [6.07, 6.45) is 3.30. The number of hydrogen-bond donors (Lipinski definition) is 0. The van der Waals surface area contributed by atoms with Crippen molar-refractivity contribution < 1.29 is 18.1 Å². The first kappa shape index (κ1) is 16.3. The second-order valence-corrected chi connectivity index (χ2v) is 6.44. The largest absolute Gasteiger partial charge is 0.288 e. The molecule has 0 saturated carbocycles. The zero-order valence-electron chi connectivity index (χ0n) is 10.6. The lowest BCUT2D eigenvalue weighted by molar-refractivity contribution is -0.385. The molecule has 10 heteroatoms. The molecular weight excluding hydrogens is 355 g/mol. The monoisotopic (exact) mass is 360 g/mol. The Bertz CT molecular complexity index is 872. The van der Waals surface area contributed by atoms with E-state index in [2.05, 4.69) is 4.40 Å². The predicted octanol–water partition coefficient (Wildman–Crippen LogP) is 2.64. The Morgan fingerprint density at radius 1 is 1.18 bits per heavy atom. The van der Waals surface area contributed by atoms with Gasteiger partial charge in [-0.25, -0.2) is 0 Å². The molecule has 22 heavy (non-hydrogen) atoms. The van der Waals surface area contributed by atoms with Crippen molar-refractivity contribution in [3.63, 3.8) is 0 Å². The Morgan fingerprint density at radius 2 is 1.86 bits per heavy atom. The minimum Gasteiger partial charge on any atom is -0.288 e. The average Bonchev–Trinajstić information content (AvgIpc) is 2.42. The summed E-state index contributed by atoms with van der Waals surface area (Å²) in [5.74, 6) is -0.480. The van der Waals surface area contributed by atoms with Gasteiger partial charge in [-0.15, -0.1) is 0 Å². The lowest BCUT2D eigenvalue weighted by Gasteiger charge is -2.05. The fraction of sp³-hybridized carbons (Fsp3) is 0. The number of hydrogen-bond acceptors (Lipinski definition) is 5. The van der Waals surface area contributed by atoms with Gasteiger partial charge in [0.05, 0.1) is 20.7 Å². The molecule has 0 heterocycles. The minimum absolute atomic E-state index is 0.0906. The van der Waals surface area contributed by atoms with E-state index < -0.39 is 31.3 Å². The maximum Gasteiger partial charge on any atom is 0.284 e. The van der Waals surface area contributed by atoms with E-state index in [1.54, 1.807) is 0 Å². The average molecular weight is 361 g/mol. The van der Waals surface area contributed by atoms with Crippen molar-refractivity contribution in [1.82, 2.24) is 0 Å². The molecule has 0 atom stereocenters. The molecule has 0 bridgehead atoms. The molecule has 0 radical (unpaired) electrons. The van der Waals surface area contributed by atoms with E-state index in [1.807, 2.05) is 0 Å². The topological polar surface area (TPSA) is 107 Å². The standard InChI is InChI=1S/C12H6Cl2N2O5S/c13-9-3-2-8(16(18)19)6-12(9)22(20,21)15-7-1-4-11(17)10(14)5-7/h1-6H/b15-7-. The van der Waals surface area contributed by atoms with Gasteiger partial charge in [0.25, 0.3) is 15.7 Å². The summed E-state index contributed by atoms with van der Waals surface area (Å²) in [6.45, 7) is 0. The van der Waals surface area contributed by atoms with Crippen LogP contribution in [0.1, 0.15) is 0 Å². The predicted molar refractivity (Wildman–Crippen MR) is 80.8 cm³/mol. The number of non-ortho nitro benzene ring substituents is 1. The van der Waals surface area contributed by atoms with E-state index in [4.69, 9.17) is 23.2 Å². The summed E-state index contributed by atoms with van der Waals surface area (Å²) >= 11 is 11.4. The Morgan fingerprint density at radius 3 is 2.45 bits per heavy atom. The van der Waals surface area contributed by atoms with Crippen molar-refractivity contribution >= 4 is 50.4 Å². The molecule has 1 aromatic rings. The van der Waals surface area contributed by atoms with E-state index in [-0.39, 0.29) is 15.8 Å². The van der Waals surface area contributed by atoms with Crippen molar-refractivity contribution in [3.05, 3.63) is 56.6 Å². The number of carbonyl (C=O) groups is 1. The number of nitrogens with zero attached hydrogens (tertiary/aromatic N) is 2. The SMILES string of the molecule is O=C1C=C/C(=N/S(=O)(=O)c2cc([N+](=O)[O-])ccc2Cl)C=C1Cl. The van der Waals surface area contributed by atoms with Crippen LogP contribution in [0.3, 0.4) is 0 Å². The molecule has 1 aromatic carbocycles. The number of nitro benzene ring substituents is 1. The van der Waals surface area contributed by atoms with Gasteiger partial charge in [0.1, 0.15) is 4.90 Å². The van der Waals surface area contributed by atoms with Crippen LogP contribution in [0.25, 0.3) is 0 Å². The normalized spacial score (nSPS) is 16.7. The molecule has 1 aliphatic carbocycles. The van der Waals surface area contributed by atoms with Crippen LogP contribution < -0.4 is 0 Å². The maximum atomic E-state index is 12.2. The highest BCUT2D eigenvalue weighted by Crippen LogP contribution is 2.28. The zero-order chi connectivity index (χ0) is 16.5. The van der Waals surface area contributed by atoms with Gasteiger partial charge in [-0.2, -0.15) is 12.8 Å². The second-order valence-electron chi connectivity index (χ2n) is 4.05. The first-order valence-electron chi connectivity index (χ1n) is 5.59. The van der Waals surface area contributed by atoms with E-state index in [9.17, 15) is 23.3 Å². The molecule has 0 fully saturated rings. The van der Waals surface area contributed by atoms with Crippen LogP contribution in [0, 0.1) is 10.1 Å². The molecule has 0 aromatic heterocycles. The van der Waals surface area contributed by atoms with Gasteiger partial charge in [-0.1, -0.05) is 23.2 Å². The summed E-state index contributed by atoms with van der Waals surface area (Å²) in [5, 5.41) is 10.3. The quantitative estimate of drug-likeness (QED) is 0.467. The molecule has 0 amide bonds. The second kappa shape index (κ2) is 5.99. The molecule has 0 saturated heterocycles. The van der Waals surface area contributed by atoms with Gasteiger partial charge in [0.2, 0.25) is 0 Å². The lowest BCUT2D eigenvalue weighted by Crippen LogP contribution is -2.07.